The maximum absolute atomic E-state index is 14.1. The fraction of sp³-hybridized carbons (Fsp3) is 0.355. The summed E-state index contributed by atoms with van der Waals surface area (Å²) in [6.45, 7) is 8.90. The smallest absolute Gasteiger partial charge is 0.264 e. The van der Waals surface area contributed by atoms with E-state index in [1.165, 1.54) is 17.0 Å². The molecule has 0 radical (unpaired) electrons. The van der Waals surface area contributed by atoms with Crippen LogP contribution >= 0.6 is 0 Å². The van der Waals surface area contributed by atoms with Gasteiger partial charge in [-0.15, -0.1) is 0 Å². The minimum Gasteiger partial charge on any atom is -0.497 e. The van der Waals surface area contributed by atoms with E-state index in [4.69, 9.17) is 4.74 Å². The molecule has 0 bridgehead atoms. The van der Waals surface area contributed by atoms with Gasteiger partial charge in [-0.05, 0) is 75.6 Å². The second-order valence-corrected chi connectivity index (χ2v) is 12.5. The summed E-state index contributed by atoms with van der Waals surface area (Å²) in [5.41, 5.74) is 1.37. The van der Waals surface area contributed by atoms with E-state index in [1.807, 2.05) is 45.9 Å². The lowest BCUT2D eigenvalue weighted by Crippen LogP contribution is -2.55. The molecule has 1 unspecified atom stereocenters. The summed E-state index contributed by atoms with van der Waals surface area (Å²) in [4.78, 5) is 29.1. The number of hydrogen-bond acceptors (Lipinski definition) is 5. The third-order valence-corrected chi connectivity index (χ3v) is 8.16. The molecule has 0 aromatic heterocycles. The van der Waals surface area contributed by atoms with Crippen molar-refractivity contribution < 1.29 is 22.7 Å². The van der Waals surface area contributed by atoms with Crippen molar-refractivity contribution in [1.82, 2.24) is 10.2 Å². The Balaban J connectivity index is 2.07. The third kappa shape index (κ3) is 7.63. The van der Waals surface area contributed by atoms with Gasteiger partial charge in [0.25, 0.3) is 10.0 Å². The molecule has 0 heterocycles. The van der Waals surface area contributed by atoms with Crippen molar-refractivity contribution in [2.45, 2.75) is 64.1 Å². The number of carbonyl (C=O) groups excluding carboxylic acids is 2. The molecule has 0 aliphatic carbocycles. The number of amides is 2. The molecule has 214 valence electrons. The van der Waals surface area contributed by atoms with Crippen LogP contribution in [0.2, 0.25) is 0 Å². The van der Waals surface area contributed by atoms with Gasteiger partial charge in [0.05, 0.1) is 17.7 Å². The average Bonchev–Trinajstić information content (AvgIpc) is 2.91. The molecule has 0 aliphatic heterocycles. The Kier molecular flexibility index (Phi) is 9.98. The number of nitrogens with zero attached hydrogens (tertiary/aromatic N) is 2. The van der Waals surface area contributed by atoms with Crippen LogP contribution < -0.4 is 14.4 Å². The SMILES string of the molecule is CCC(C(=O)NC(C)(C)C)N(Cc1ccc(OC)cc1)C(=O)CN(c1ccccc1C)S(=O)(=O)c1ccccc1. The lowest BCUT2D eigenvalue weighted by Gasteiger charge is -2.35. The predicted octanol–water partition coefficient (Wildman–Crippen LogP) is 4.92. The van der Waals surface area contributed by atoms with Crippen LogP contribution in [0.15, 0.2) is 83.8 Å². The molecule has 0 aliphatic rings. The quantitative estimate of drug-likeness (QED) is 0.356. The number of benzene rings is 3. The molecule has 40 heavy (non-hydrogen) atoms. The molecule has 9 heteroatoms. The number of carbonyl (C=O) groups is 2. The second-order valence-electron chi connectivity index (χ2n) is 10.6. The van der Waals surface area contributed by atoms with Crippen LogP contribution in [0.5, 0.6) is 5.75 Å². The number of aryl methyl sites for hydroxylation is 1. The Morgan fingerprint density at radius 2 is 1.52 bits per heavy atom. The molecule has 2 amide bonds. The lowest BCUT2D eigenvalue weighted by molar-refractivity contribution is -0.141. The van der Waals surface area contributed by atoms with E-state index in [0.717, 1.165) is 9.87 Å². The highest BCUT2D eigenvalue weighted by atomic mass is 32.2. The lowest BCUT2D eigenvalue weighted by atomic mass is 10.1. The van der Waals surface area contributed by atoms with Gasteiger partial charge in [-0.1, -0.05) is 55.5 Å². The summed E-state index contributed by atoms with van der Waals surface area (Å²) in [5.74, 6) is -0.126. The number of sulfonamides is 1. The largest absolute Gasteiger partial charge is 0.497 e. The van der Waals surface area contributed by atoms with E-state index in [-0.39, 0.29) is 17.3 Å². The van der Waals surface area contributed by atoms with Crippen molar-refractivity contribution in [1.29, 1.82) is 0 Å². The molecule has 1 N–H and O–H groups in total. The molecule has 8 nitrogen and oxygen atoms in total. The molecule has 0 fully saturated rings. The van der Waals surface area contributed by atoms with E-state index in [0.29, 0.717) is 23.4 Å². The molecule has 3 aromatic carbocycles. The standard InChI is InChI=1S/C31H39N3O5S/c1-7-27(30(36)32-31(3,4)5)33(21-24-17-19-25(39-6)20-18-24)29(35)22-34(28-16-12-11-13-23(28)2)40(37,38)26-14-9-8-10-15-26/h8-20,27H,7,21-22H2,1-6H3,(H,32,36). The first-order valence-corrected chi connectivity index (χ1v) is 14.7. The fourth-order valence-electron chi connectivity index (χ4n) is 4.38. The molecular formula is C31H39N3O5S. The van der Waals surface area contributed by atoms with E-state index in [1.54, 1.807) is 62.6 Å². The second kappa shape index (κ2) is 13.0. The van der Waals surface area contributed by atoms with Gasteiger partial charge in [-0.2, -0.15) is 0 Å². The fourth-order valence-corrected chi connectivity index (χ4v) is 5.88. The van der Waals surface area contributed by atoms with E-state index >= 15 is 0 Å². The minimum atomic E-state index is -4.10. The van der Waals surface area contributed by atoms with E-state index < -0.39 is 34.1 Å². The average molecular weight is 566 g/mol. The predicted molar refractivity (Wildman–Crippen MR) is 158 cm³/mol. The maximum Gasteiger partial charge on any atom is 0.264 e. The summed E-state index contributed by atoms with van der Waals surface area (Å²) < 4.78 is 34.2. The minimum absolute atomic E-state index is 0.0743. The van der Waals surface area contributed by atoms with Crippen molar-refractivity contribution in [3.63, 3.8) is 0 Å². The topological polar surface area (TPSA) is 96.0 Å². The van der Waals surface area contributed by atoms with Gasteiger partial charge >= 0.3 is 0 Å². The van der Waals surface area contributed by atoms with Crippen molar-refractivity contribution in [3.8, 4) is 5.75 Å². The number of nitrogens with one attached hydrogen (secondary N) is 1. The zero-order valence-electron chi connectivity index (χ0n) is 24.0. The molecule has 1 atom stereocenters. The molecule has 0 spiro atoms. The van der Waals surface area contributed by atoms with Gasteiger partial charge in [0, 0.05) is 12.1 Å². The highest BCUT2D eigenvalue weighted by molar-refractivity contribution is 7.92. The molecule has 0 saturated carbocycles. The number of para-hydroxylation sites is 1. The molecule has 0 saturated heterocycles. The Hall–Kier alpha value is -3.85. The summed E-state index contributed by atoms with van der Waals surface area (Å²) in [6, 6.07) is 21.5. The first kappa shape index (κ1) is 30.7. The number of methoxy groups -OCH3 is 1. The van der Waals surface area contributed by atoms with Crippen molar-refractivity contribution in [2.75, 3.05) is 18.0 Å². The third-order valence-electron chi connectivity index (χ3n) is 6.39. The zero-order valence-corrected chi connectivity index (χ0v) is 24.9. The van der Waals surface area contributed by atoms with Crippen molar-refractivity contribution in [2.24, 2.45) is 0 Å². The highest BCUT2D eigenvalue weighted by Crippen LogP contribution is 2.27. The highest BCUT2D eigenvalue weighted by Gasteiger charge is 2.35. The van der Waals surface area contributed by atoms with E-state index in [9.17, 15) is 18.0 Å². The van der Waals surface area contributed by atoms with Crippen LogP contribution in [0, 0.1) is 6.92 Å². The van der Waals surface area contributed by atoms with Crippen molar-refractivity contribution in [3.05, 3.63) is 90.0 Å². The summed E-state index contributed by atoms with van der Waals surface area (Å²) in [7, 11) is -2.53. The number of hydrogen-bond donors (Lipinski definition) is 1. The number of anilines is 1. The maximum atomic E-state index is 14.1. The van der Waals surface area contributed by atoms with Gasteiger partial charge < -0.3 is 15.0 Å². The summed E-state index contributed by atoms with van der Waals surface area (Å²) in [6.07, 6.45) is 0.347. The molecule has 3 aromatic rings. The Bertz CT molecular complexity index is 1400. The van der Waals surface area contributed by atoms with Crippen LogP contribution in [-0.4, -0.2) is 50.4 Å². The van der Waals surface area contributed by atoms with Crippen molar-refractivity contribution >= 4 is 27.5 Å². The monoisotopic (exact) mass is 565 g/mol. The molecular weight excluding hydrogens is 526 g/mol. The number of rotatable bonds is 11. The number of ether oxygens (including phenoxy) is 1. The van der Waals surface area contributed by atoms with Gasteiger partial charge in [-0.25, -0.2) is 8.42 Å². The summed E-state index contributed by atoms with van der Waals surface area (Å²) >= 11 is 0. The Labute approximate surface area is 238 Å². The van der Waals surface area contributed by atoms with Gasteiger partial charge in [0.15, 0.2) is 0 Å². The molecule has 3 rings (SSSR count). The van der Waals surface area contributed by atoms with Gasteiger partial charge in [-0.3, -0.25) is 13.9 Å². The first-order valence-electron chi connectivity index (χ1n) is 13.2. The summed E-state index contributed by atoms with van der Waals surface area (Å²) in [5, 5.41) is 2.98. The first-order chi connectivity index (χ1) is 18.9. The van der Waals surface area contributed by atoms with Crippen LogP contribution in [0.4, 0.5) is 5.69 Å². The van der Waals surface area contributed by atoms with Crippen LogP contribution in [-0.2, 0) is 26.2 Å². The Morgan fingerprint density at radius 1 is 0.925 bits per heavy atom. The van der Waals surface area contributed by atoms with Gasteiger partial charge in [0.1, 0.15) is 18.3 Å². The van der Waals surface area contributed by atoms with Crippen LogP contribution in [0.25, 0.3) is 0 Å². The Morgan fingerprint density at radius 3 is 2.08 bits per heavy atom. The zero-order chi connectivity index (χ0) is 29.5. The van der Waals surface area contributed by atoms with Crippen LogP contribution in [0.1, 0.15) is 45.2 Å². The van der Waals surface area contributed by atoms with Gasteiger partial charge in [0.2, 0.25) is 11.8 Å². The van der Waals surface area contributed by atoms with Crippen LogP contribution in [0.3, 0.4) is 0 Å². The normalized spacial score (nSPS) is 12.3. The van der Waals surface area contributed by atoms with E-state index in [2.05, 4.69) is 5.32 Å².